The first-order valence-corrected chi connectivity index (χ1v) is 13.3. The maximum Gasteiger partial charge on any atom is 0.326 e. The largest absolute Gasteiger partial charge is 0.391 e. The lowest BCUT2D eigenvalue weighted by Crippen LogP contribution is -2.51. The van der Waals surface area contributed by atoms with Crippen molar-refractivity contribution in [2.75, 3.05) is 45.3 Å². The summed E-state index contributed by atoms with van der Waals surface area (Å²) in [6.45, 7) is 6.87. The van der Waals surface area contributed by atoms with Crippen molar-refractivity contribution in [1.82, 2.24) is 19.6 Å². The number of methoxy groups -OCH3 is 1. The third-order valence-electron chi connectivity index (χ3n) is 7.62. The fraction of sp³-hybridized carbons (Fsp3) is 0.571. The molecule has 11 heteroatoms. The van der Waals surface area contributed by atoms with E-state index in [1.54, 1.807) is 26.0 Å². The van der Waals surface area contributed by atoms with Crippen LogP contribution in [-0.4, -0.2) is 89.0 Å². The molecule has 0 saturated carbocycles. The van der Waals surface area contributed by atoms with Gasteiger partial charge in [0.25, 0.3) is 5.91 Å². The normalized spacial score (nSPS) is 21.9. The average molecular weight is 544 g/mol. The number of urea groups is 1. The number of imide groups is 1. The van der Waals surface area contributed by atoms with Crippen LogP contribution in [0, 0.1) is 17.2 Å². The number of hydrogen-bond donors (Lipinski definition) is 1. The van der Waals surface area contributed by atoms with Gasteiger partial charge in [0.2, 0.25) is 5.91 Å². The molecule has 0 aliphatic carbocycles. The van der Waals surface area contributed by atoms with Gasteiger partial charge in [0.1, 0.15) is 11.6 Å². The molecule has 212 valence electrons. The summed E-state index contributed by atoms with van der Waals surface area (Å²) in [5.41, 5.74) is 0.603. The molecule has 2 fully saturated rings. The summed E-state index contributed by atoms with van der Waals surface area (Å²) in [5, 5.41) is 14.6. The number of aliphatic hydroxyl groups is 1. The third-order valence-corrected chi connectivity index (χ3v) is 7.62. The highest BCUT2D eigenvalue weighted by atomic mass is 19.1. The maximum absolute atomic E-state index is 13.7. The van der Waals surface area contributed by atoms with Gasteiger partial charge in [0, 0.05) is 58.7 Å². The van der Waals surface area contributed by atoms with Crippen LogP contribution in [0.1, 0.15) is 55.6 Å². The first-order valence-electron chi connectivity index (χ1n) is 13.3. The van der Waals surface area contributed by atoms with E-state index in [-0.39, 0.29) is 55.6 Å². The number of amides is 3. The smallest absolute Gasteiger partial charge is 0.326 e. The highest BCUT2D eigenvalue weighted by Crippen LogP contribution is 2.35. The molecule has 3 amide bonds. The lowest BCUT2D eigenvalue weighted by molar-refractivity contribution is -0.132. The van der Waals surface area contributed by atoms with E-state index >= 15 is 0 Å². The Bertz CT molecular complexity index is 1210. The van der Waals surface area contributed by atoms with Crippen LogP contribution < -0.4 is 4.90 Å². The van der Waals surface area contributed by atoms with E-state index < -0.39 is 17.6 Å². The predicted octanol–water partition coefficient (Wildman–Crippen LogP) is 3.11. The van der Waals surface area contributed by atoms with Crippen molar-refractivity contribution in [3.63, 3.8) is 0 Å². The van der Waals surface area contributed by atoms with E-state index in [0.717, 1.165) is 5.56 Å². The Morgan fingerprint density at radius 1 is 1.23 bits per heavy atom. The minimum Gasteiger partial charge on any atom is -0.391 e. The van der Waals surface area contributed by atoms with Crippen molar-refractivity contribution >= 4 is 23.7 Å². The molecule has 39 heavy (non-hydrogen) atoms. The molecule has 2 saturated heterocycles. The second-order valence-electron chi connectivity index (χ2n) is 11.4. The number of ether oxygens (including phenoxy) is 1. The fourth-order valence-electron chi connectivity index (χ4n) is 5.31. The summed E-state index contributed by atoms with van der Waals surface area (Å²) in [6, 6.07) is 7.60. The molecule has 0 bridgehead atoms. The van der Waals surface area contributed by atoms with Crippen LogP contribution in [-0.2, 0) is 16.1 Å². The second kappa shape index (κ2) is 11.4. The van der Waals surface area contributed by atoms with Gasteiger partial charge >= 0.3 is 6.03 Å². The number of piperidine rings is 1. The topological polar surface area (TPSA) is 108 Å². The first kappa shape index (κ1) is 28.7. The summed E-state index contributed by atoms with van der Waals surface area (Å²) >= 11 is 0. The number of aromatic nitrogens is 2. The van der Waals surface area contributed by atoms with E-state index in [2.05, 4.69) is 0 Å². The summed E-state index contributed by atoms with van der Waals surface area (Å²) in [5.74, 6) is -0.671. The molecule has 1 N–H and O–H groups in total. The number of aliphatic hydroxyl groups excluding tert-OH is 1. The SMILES string of the molecule is COCC(C)(C)C(=O)n1nc(C2CN(C(=O)N3CCC(O)C3)C(=O)CC2C)cc1N(C)Cc1ccc(F)cc1. The zero-order valence-electron chi connectivity index (χ0n) is 23.3. The van der Waals surface area contributed by atoms with Gasteiger partial charge in [0.15, 0.2) is 0 Å². The molecule has 1 aromatic heterocycles. The molecule has 2 aliphatic heterocycles. The summed E-state index contributed by atoms with van der Waals surface area (Å²) < 4.78 is 20.1. The number of nitrogens with zero attached hydrogens (tertiary/aromatic N) is 5. The van der Waals surface area contributed by atoms with Crippen molar-refractivity contribution < 1.29 is 28.6 Å². The molecule has 1 aromatic carbocycles. The maximum atomic E-state index is 13.7. The quantitative estimate of drug-likeness (QED) is 0.572. The molecule has 3 heterocycles. The van der Waals surface area contributed by atoms with Gasteiger partial charge in [-0.25, -0.2) is 9.18 Å². The van der Waals surface area contributed by atoms with Gasteiger partial charge in [0.05, 0.1) is 23.8 Å². The van der Waals surface area contributed by atoms with Crippen LogP contribution in [0.4, 0.5) is 15.0 Å². The van der Waals surface area contributed by atoms with E-state index in [9.17, 15) is 23.9 Å². The van der Waals surface area contributed by atoms with Crippen molar-refractivity contribution in [1.29, 1.82) is 0 Å². The Hall–Kier alpha value is -3.31. The molecule has 3 unspecified atom stereocenters. The highest BCUT2D eigenvalue weighted by molar-refractivity contribution is 5.95. The van der Waals surface area contributed by atoms with E-state index in [4.69, 9.17) is 9.84 Å². The van der Waals surface area contributed by atoms with Crippen LogP contribution in [0.15, 0.2) is 30.3 Å². The molecule has 3 atom stereocenters. The minimum absolute atomic E-state index is 0.105. The molecule has 10 nitrogen and oxygen atoms in total. The Morgan fingerprint density at radius 3 is 2.54 bits per heavy atom. The van der Waals surface area contributed by atoms with Gasteiger partial charge in [-0.3, -0.25) is 14.5 Å². The molecular formula is C28H38FN5O5. The Kier molecular flexibility index (Phi) is 8.41. The Balaban J connectivity index is 1.66. The molecule has 0 radical (unpaired) electrons. The van der Waals surface area contributed by atoms with Crippen molar-refractivity contribution in [2.45, 2.75) is 52.2 Å². The number of carbonyl (C=O) groups excluding carboxylic acids is 3. The number of likely N-dealkylation sites (tertiary alicyclic amines) is 2. The molecule has 2 aliphatic rings. The minimum atomic E-state index is -0.865. The van der Waals surface area contributed by atoms with E-state index in [1.165, 1.54) is 33.7 Å². The lowest BCUT2D eigenvalue weighted by atomic mass is 9.84. The van der Waals surface area contributed by atoms with Crippen LogP contribution in [0.3, 0.4) is 0 Å². The first-order chi connectivity index (χ1) is 18.4. The number of halogens is 1. The van der Waals surface area contributed by atoms with Gasteiger partial charge in [-0.15, -0.1) is 0 Å². The lowest BCUT2D eigenvalue weighted by Gasteiger charge is -2.36. The molecule has 2 aromatic rings. The number of rotatable bonds is 7. The van der Waals surface area contributed by atoms with Gasteiger partial charge < -0.3 is 19.6 Å². The van der Waals surface area contributed by atoms with Crippen molar-refractivity contribution in [3.8, 4) is 0 Å². The van der Waals surface area contributed by atoms with Gasteiger partial charge in [-0.1, -0.05) is 19.1 Å². The van der Waals surface area contributed by atoms with Crippen molar-refractivity contribution in [3.05, 3.63) is 47.4 Å². The van der Waals surface area contributed by atoms with Gasteiger partial charge in [-0.2, -0.15) is 9.78 Å². The third kappa shape index (κ3) is 6.14. The predicted molar refractivity (Wildman–Crippen MR) is 143 cm³/mol. The summed E-state index contributed by atoms with van der Waals surface area (Å²) in [4.78, 5) is 44.3. The van der Waals surface area contributed by atoms with Crippen LogP contribution in [0.25, 0.3) is 0 Å². The van der Waals surface area contributed by atoms with Crippen LogP contribution in [0.5, 0.6) is 0 Å². The average Bonchev–Trinajstić information content (AvgIpc) is 3.51. The highest BCUT2D eigenvalue weighted by Gasteiger charge is 2.41. The number of hydrogen-bond acceptors (Lipinski definition) is 7. The van der Waals surface area contributed by atoms with E-state index in [0.29, 0.717) is 31.0 Å². The zero-order valence-corrected chi connectivity index (χ0v) is 23.3. The number of β-amino-alcohol motifs (C(OH)–C–C–N with tert-alkyl or cyclic N) is 1. The van der Waals surface area contributed by atoms with Crippen LogP contribution in [0.2, 0.25) is 0 Å². The van der Waals surface area contributed by atoms with E-state index in [1.807, 2.05) is 24.9 Å². The zero-order chi connectivity index (χ0) is 28.5. The monoisotopic (exact) mass is 543 g/mol. The standard InChI is InChI=1S/C28H38FN5O5/c1-18-12-25(36)33(27(38)32-11-10-21(35)15-32)16-22(18)23-13-24(31(4)14-19-6-8-20(29)9-7-19)34(30-23)26(37)28(2,3)17-39-5/h6-9,13,18,21-22,35H,10-12,14-17H2,1-5H3. The number of anilines is 1. The van der Waals surface area contributed by atoms with Crippen molar-refractivity contribution in [2.24, 2.45) is 11.3 Å². The molecular weight excluding hydrogens is 505 g/mol. The molecule has 4 rings (SSSR count). The van der Waals surface area contributed by atoms with Crippen LogP contribution >= 0.6 is 0 Å². The Morgan fingerprint density at radius 2 is 1.92 bits per heavy atom. The molecule has 0 spiro atoms. The Labute approximate surface area is 228 Å². The summed E-state index contributed by atoms with van der Waals surface area (Å²) in [7, 11) is 3.37. The number of carbonyl (C=O) groups is 3. The fourth-order valence-corrected chi connectivity index (χ4v) is 5.31. The second-order valence-corrected chi connectivity index (χ2v) is 11.4. The number of benzene rings is 1. The summed E-state index contributed by atoms with van der Waals surface area (Å²) in [6.07, 6.45) is 0.0740. The van der Waals surface area contributed by atoms with Gasteiger partial charge in [-0.05, 0) is 43.9 Å².